The Labute approximate surface area is 173 Å². The molecule has 162 valence electrons. The van der Waals surface area contributed by atoms with Crippen molar-refractivity contribution >= 4 is 6.09 Å². The van der Waals surface area contributed by atoms with Crippen LogP contribution < -0.4 is 0 Å². The topological polar surface area (TPSA) is 38.8 Å². The zero-order valence-corrected chi connectivity index (χ0v) is 19.3. The van der Waals surface area contributed by atoms with Crippen LogP contribution in [0.5, 0.6) is 0 Å². The first-order valence-electron chi connectivity index (χ1n) is 11.1. The van der Waals surface area contributed by atoms with Gasteiger partial charge in [0, 0.05) is 0 Å². The number of unbranched alkanes of at least 4 members (excludes halogenated alkanes) is 5. The maximum atomic E-state index is 12.6. The van der Waals surface area contributed by atoms with Gasteiger partial charge in [-0.25, -0.2) is 4.79 Å². The highest BCUT2D eigenvalue weighted by atomic mass is 16.6. The van der Waals surface area contributed by atoms with Gasteiger partial charge in [0.15, 0.2) is 0 Å². The monoisotopic (exact) mass is 393 g/mol. The third-order valence-corrected chi connectivity index (χ3v) is 4.98. The van der Waals surface area contributed by atoms with Crippen molar-refractivity contribution in [1.29, 1.82) is 0 Å². The summed E-state index contributed by atoms with van der Waals surface area (Å²) in [5.74, 6) is 0. The Morgan fingerprint density at radius 1 is 1.04 bits per heavy atom. The van der Waals surface area contributed by atoms with Crippen molar-refractivity contribution in [2.75, 3.05) is 0 Å². The van der Waals surface area contributed by atoms with Gasteiger partial charge in [0.1, 0.15) is 11.3 Å². The number of carbonyl (C=O) groups excluding carboxylic acids is 1. The minimum Gasteiger partial charge on any atom is -0.444 e. The molecule has 0 aromatic heterocycles. The summed E-state index contributed by atoms with van der Waals surface area (Å²) in [6.45, 7) is 13.8. The van der Waals surface area contributed by atoms with Crippen molar-refractivity contribution < 1.29 is 14.3 Å². The van der Waals surface area contributed by atoms with Crippen LogP contribution in [0, 0.1) is 0 Å². The van der Waals surface area contributed by atoms with Gasteiger partial charge < -0.3 is 9.47 Å². The highest BCUT2D eigenvalue weighted by molar-refractivity contribution is 5.69. The van der Waals surface area contributed by atoms with Crippen molar-refractivity contribution in [3.8, 4) is 0 Å². The lowest BCUT2D eigenvalue weighted by molar-refractivity contribution is -0.0779. The van der Waals surface area contributed by atoms with Crippen molar-refractivity contribution in [2.45, 2.75) is 123 Å². The molecule has 1 aliphatic heterocycles. The third kappa shape index (κ3) is 8.81. The molecule has 28 heavy (non-hydrogen) atoms. The highest BCUT2D eigenvalue weighted by Gasteiger charge is 2.48. The smallest absolute Gasteiger partial charge is 0.412 e. The molecule has 1 rings (SSSR count). The van der Waals surface area contributed by atoms with Gasteiger partial charge in [0.25, 0.3) is 0 Å². The van der Waals surface area contributed by atoms with Gasteiger partial charge in [-0.05, 0) is 73.6 Å². The minimum absolute atomic E-state index is 0.00660. The fourth-order valence-corrected chi connectivity index (χ4v) is 3.59. The van der Waals surface area contributed by atoms with Crippen LogP contribution >= 0.6 is 0 Å². The second-order valence-electron chi connectivity index (χ2n) is 9.30. The van der Waals surface area contributed by atoms with Crippen LogP contribution in [0.3, 0.4) is 0 Å². The van der Waals surface area contributed by atoms with Crippen LogP contribution in [0.15, 0.2) is 24.3 Å². The largest absolute Gasteiger partial charge is 0.444 e. The summed E-state index contributed by atoms with van der Waals surface area (Å²) in [7, 11) is 0. The van der Waals surface area contributed by atoms with Crippen molar-refractivity contribution in [1.82, 2.24) is 4.90 Å². The summed E-state index contributed by atoms with van der Waals surface area (Å²) in [5.41, 5.74) is -1.16. The van der Waals surface area contributed by atoms with E-state index in [-0.39, 0.29) is 18.2 Å². The summed E-state index contributed by atoms with van der Waals surface area (Å²) in [4.78, 5) is 14.3. The zero-order chi connectivity index (χ0) is 21.2. The number of rotatable bonds is 10. The molecule has 0 bridgehead atoms. The fraction of sp³-hybridized carbons (Fsp3) is 0.792. The van der Waals surface area contributed by atoms with Crippen molar-refractivity contribution in [3.63, 3.8) is 0 Å². The first kappa shape index (κ1) is 24.7. The molecule has 0 aromatic rings. The third-order valence-electron chi connectivity index (χ3n) is 4.98. The van der Waals surface area contributed by atoms with Crippen LogP contribution in [-0.2, 0) is 9.47 Å². The van der Waals surface area contributed by atoms with Gasteiger partial charge in [-0.2, -0.15) is 0 Å². The van der Waals surface area contributed by atoms with Crippen LogP contribution in [0.25, 0.3) is 0 Å². The predicted octanol–water partition coefficient (Wildman–Crippen LogP) is 7.00. The van der Waals surface area contributed by atoms with Gasteiger partial charge in [0.05, 0.1) is 12.1 Å². The number of allylic oxidation sites excluding steroid dienone is 3. The second-order valence-corrected chi connectivity index (χ2v) is 9.30. The molecule has 2 atom stereocenters. The number of nitrogens with zero attached hydrogens (tertiary/aromatic N) is 1. The summed E-state index contributed by atoms with van der Waals surface area (Å²) < 4.78 is 11.7. The maximum absolute atomic E-state index is 12.6. The minimum atomic E-state index is -0.652. The van der Waals surface area contributed by atoms with E-state index in [2.05, 4.69) is 31.2 Å². The average molecular weight is 394 g/mol. The lowest BCUT2D eigenvalue weighted by Crippen LogP contribution is -2.49. The average Bonchev–Trinajstić information content (AvgIpc) is 2.79. The molecule has 0 aromatic carbocycles. The van der Waals surface area contributed by atoms with E-state index in [1.54, 1.807) is 4.90 Å². The van der Waals surface area contributed by atoms with E-state index in [1.807, 2.05) is 41.5 Å². The van der Waals surface area contributed by atoms with E-state index in [0.29, 0.717) is 0 Å². The Morgan fingerprint density at radius 2 is 1.64 bits per heavy atom. The molecule has 0 saturated carbocycles. The first-order valence-corrected chi connectivity index (χ1v) is 11.1. The molecule has 0 spiro atoms. The number of carbonyl (C=O) groups is 1. The Kier molecular flexibility index (Phi) is 10.3. The number of ether oxygens (including phenoxy) is 2. The fourth-order valence-electron chi connectivity index (χ4n) is 3.59. The van der Waals surface area contributed by atoms with E-state index >= 15 is 0 Å². The normalized spacial score (nSPS) is 22.5. The molecule has 0 aliphatic carbocycles. The quantitative estimate of drug-likeness (QED) is 0.296. The maximum Gasteiger partial charge on any atom is 0.412 e. The van der Waals surface area contributed by atoms with Crippen molar-refractivity contribution in [3.05, 3.63) is 24.3 Å². The summed E-state index contributed by atoms with van der Waals surface area (Å²) in [6.07, 6.45) is 18.1. The summed E-state index contributed by atoms with van der Waals surface area (Å²) >= 11 is 0. The van der Waals surface area contributed by atoms with Crippen LogP contribution in [0.2, 0.25) is 0 Å². The van der Waals surface area contributed by atoms with E-state index in [1.165, 1.54) is 32.1 Å². The van der Waals surface area contributed by atoms with Gasteiger partial charge in [-0.15, -0.1) is 0 Å². The summed E-state index contributed by atoms with van der Waals surface area (Å²) in [5, 5.41) is 0. The Hall–Kier alpha value is -1.29. The standard InChI is InChI=1S/C24H43NO3/c1-8-9-10-11-12-13-14-15-16-17-18-19-21-20(2)25(24(6,7)27-21)22(26)28-23(3,4)5/h13-14,17-18,20-21H,8-12,15-16,19H2,1-7H3/b14-13-,18-17+/t20-,21-/m0/s1. The Balaban J connectivity index is 2.38. The zero-order valence-electron chi connectivity index (χ0n) is 19.3. The SMILES string of the molecule is CCCCCC/C=C\CC/C=C/C[C@@H]1OC(C)(C)N(C(=O)OC(C)(C)C)[C@H]1C. The lowest BCUT2D eigenvalue weighted by Gasteiger charge is -2.34. The molecule has 0 unspecified atom stereocenters. The molecule has 1 fully saturated rings. The molecule has 0 radical (unpaired) electrons. The van der Waals surface area contributed by atoms with E-state index < -0.39 is 11.3 Å². The molecule has 4 nitrogen and oxygen atoms in total. The Morgan fingerprint density at radius 3 is 2.25 bits per heavy atom. The molecule has 4 heteroatoms. The number of hydrogen-bond acceptors (Lipinski definition) is 3. The van der Waals surface area contributed by atoms with E-state index in [0.717, 1.165) is 19.3 Å². The summed E-state index contributed by atoms with van der Waals surface area (Å²) in [6, 6.07) is -0.0162. The van der Waals surface area contributed by atoms with E-state index in [9.17, 15) is 4.79 Å². The highest BCUT2D eigenvalue weighted by Crippen LogP contribution is 2.35. The molecular weight excluding hydrogens is 350 g/mol. The lowest BCUT2D eigenvalue weighted by atomic mass is 10.1. The number of hydrogen-bond donors (Lipinski definition) is 0. The first-order chi connectivity index (χ1) is 13.1. The van der Waals surface area contributed by atoms with Gasteiger partial charge >= 0.3 is 6.09 Å². The molecule has 1 aliphatic rings. The van der Waals surface area contributed by atoms with Gasteiger partial charge in [0.2, 0.25) is 0 Å². The van der Waals surface area contributed by atoms with E-state index in [4.69, 9.17) is 9.47 Å². The van der Waals surface area contributed by atoms with Gasteiger partial charge in [-0.3, -0.25) is 4.90 Å². The molecule has 1 saturated heterocycles. The predicted molar refractivity (Wildman–Crippen MR) is 117 cm³/mol. The van der Waals surface area contributed by atoms with Crippen LogP contribution in [0.4, 0.5) is 4.79 Å². The second kappa shape index (κ2) is 11.6. The van der Waals surface area contributed by atoms with Crippen LogP contribution in [-0.4, -0.2) is 34.5 Å². The number of amides is 1. The molecular formula is C24H43NO3. The molecule has 1 amide bonds. The van der Waals surface area contributed by atoms with Crippen LogP contribution in [0.1, 0.15) is 99.8 Å². The van der Waals surface area contributed by atoms with Gasteiger partial charge in [-0.1, -0.05) is 50.5 Å². The molecule has 1 heterocycles. The molecule has 0 N–H and O–H groups in total. The Bertz CT molecular complexity index is 516. The van der Waals surface area contributed by atoms with Crippen molar-refractivity contribution in [2.24, 2.45) is 0 Å².